The molecule has 146 valence electrons. The summed E-state index contributed by atoms with van der Waals surface area (Å²) in [5, 5.41) is 13.4. The molecule has 0 aliphatic rings. The van der Waals surface area contributed by atoms with E-state index in [1.54, 1.807) is 30.3 Å². The van der Waals surface area contributed by atoms with Gasteiger partial charge in [0.25, 0.3) is 5.56 Å². The fourth-order valence-corrected chi connectivity index (χ4v) is 3.17. The maximum Gasteiger partial charge on any atom is 0.322 e. The topological polar surface area (TPSA) is 85.4 Å². The number of benzene rings is 2. The number of amides is 2. The molecule has 0 spiro atoms. The van der Waals surface area contributed by atoms with Crippen LogP contribution in [0.4, 0.5) is 10.5 Å². The number of halogens is 1. The van der Waals surface area contributed by atoms with Gasteiger partial charge in [0, 0.05) is 34.9 Å². The van der Waals surface area contributed by atoms with Crippen LogP contribution in [0.5, 0.6) is 0 Å². The third-order valence-electron chi connectivity index (χ3n) is 4.39. The first-order valence-electron chi connectivity index (χ1n) is 9.01. The number of aliphatic hydroxyl groups excluding tert-OH is 1. The normalized spacial score (nSPS) is 10.8. The molecule has 2 aromatic carbocycles. The molecule has 0 fully saturated rings. The summed E-state index contributed by atoms with van der Waals surface area (Å²) in [5.74, 6) is 0. The fourth-order valence-electron chi connectivity index (χ4n) is 2.98. The number of H-pyrrole nitrogens is 1. The van der Waals surface area contributed by atoms with Crippen molar-refractivity contribution in [1.29, 1.82) is 0 Å². The van der Waals surface area contributed by atoms with Crippen molar-refractivity contribution in [3.63, 3.8) is 0 Å². The minimum Gasteiger partial charge on any atom is -0.396 e. The van der Waals surface area contributed by atoms with E-state index in [0.29, 0.717) is 29.2 Å². The summed E-state index contributed by atoms with van der Waals surface area (Å²) in [6.45, 7) is 2.38. The maximum atomic E-state index is 12.7. The van der Waals surface area contributed by atoms with Crippen LogP contribution in [-0.2, 0) is 6.54 Å². The standard InChI is InChI=1S/C21H22ClN3O3/c1-14-6-7-19-15(10-14)11-16(20(27)24-19)13-25(8-3-9-26)21(28)23-18-5-2-4-17(22)12-18/h2,4-7,10-12,26H,3,8-9,13H2,1H3,(H,23,28)(H,24,27). The van der Waals surface area contributed by atoms with E-state index in [9.17, 15) is 14.7 Å². The Morgan fingerprint density at radius 1 is 1.21 bits per heavy atom. The molecule has 1 aromatic heterocycles. The number of anilines is 1. The van der Waals surface area contributed by atoms with Crippen molar-refractivity contribution in [3.05, 3.63) is 75.0 Å². The molecule has 3 N–H and O–H groups in total. The second-order valence-corrected chi connectivity index (χ2v) is 7.09. The summed E-state index contributed by atoms with van der Waals surface area (Å²) in [6, 6.07) is 14.1. The van der Waals surface area contributed by atoms with Crippen LogP contribution in [0.15, 0.2) is 53.3 Å². The van der Waals surface area contributed by atoms with Gasteiger partial charge < -0.3 is 20.3 Å². The molecule has 0 unspecified atom stereocenters. The van der Waals surface area contributed by atoms with Crippen molar-refractivity contribution >= 4 is 34.2 Å². The zero-order valence-corrected chi connectivity index (χ0v) is 16.3. The molecule has 0 bridgehead atoms. The number of carbonyl (C=O) groups is 1. The Hall–Kier alpha value is -2.83. The molecule has 0 aliphatic carbocycles. The zero-order valence-electron chi connectivity index (χ0n) is 15.5. The van der Waals surface area contributed by atoms with E-state index in [-0.39, 0.29) is 24.7 Å². The van der Waals surface area contributed by atoms with Crippen molar-refractivity contribution < 1.29 is 9.90 Å². The van der Waals surface area contributed by atoms with Gasteiger partial charge in [-0.1, -0.05) is 29.3 Å². The van der Waals surface area contributed by atoms with E-state index in [2.05, 4.69) is 10.3 Å². The van der Waals surface area contributed by atoms with E-state index in [0.717, 1.165) is 16.5 Å². The fraction of sp³-hybridized carbons (Fsp3) is 0.238. The molecule has 0 saturated heterocycles. The molecule has 0 saturated carbocycles. The zero-order chi connectivity index (χ0) is 20.1. The molecule has 3 aromatic rings. The highest BCUT2D eigenvalue weighted by molar-refractivity contribution is 6.30. The Bertz CT molecular complexity index is 1050. The molecule has 28 heavy (non-hydrogen) atoms. The predicted octanol–water partition coefficient (Wildman–Crippen LogP) is 3.91. The summed E-state index contributed by atoms with van der Waals surface area (Å²) in [4.78, 5) is 29.6. The third-order valence-corrected chi connectivity index (χ3v) is 4.62. The number of nitrogens with zero attached hydrogens (tertiary/aromatic N) is 1. The maximum absolute atomic E-state index is 12.7. The lowest BCUT2D eigenvalue weighted by Crippen LogP contribution is -2.37. The largest absolute Gasteiger partial charge is 0.396 e. The van der Waals surface area contributed by atoms with Crippen LogP contribution in [0.25, 0.3) is 10.9 Å². The minimum atomic E-state index is -0.362. The number of aliphatic hydroxyl groups is 1. The van der Waals surface area contributed by atoms with Gasteiger partial charge in [0.1, 0.15) is 0 Å². The third kappa shape index (κ3) is 4.91. The Kier molecular flexibility index (Phi) is 6.34. The molecule has 0 radical (unpaired) electrons. The summed E-state index contributed by atoms with van der Waals surface area (Å²) < 4.78 is 0. The smallest absolute Gasteiger partial charge is 0.322 e. The van der Waals surface area contributed by atoms with Gasteiger partial charge in [-0.15, -0.1) is 0 Å². The van der Waals surface area contributed by atoms with Crippen molar-refractivity contribution in [2.24, 2.45) is 0 Å². The highest BCUT2D eigenvalue weighted by Crippen LogP contribution is 2.17. The Morgan fingerprint density at radius 2 is 2.04 bits per heavy atom. The lowest BCUT2D eigenvalue weighted by molar-refractivity contribution is 0.199. The van der Waals surface area contributed by atoms with Crippen molar-refractivity contribution in [1.82, 2.24) is 9.88 Å². The Morgan fingerprint density at radius 3 is 2.79 bits per heavy atom. The highest BCUT2D eigenvalue weighted by atomic mass is 35.5. The summed E-state index contributed by atoms with van der Waals surface area (Å²) >= 11 is 5.97. The second-order valence-electron chi connectivity index (χ2n) is 6.65. The number of aromatic nitrogens is 1. The van der Waals surface area contributed by atoms with E-state index in [1.807, 2.05) is 25.1 Å². The number of fused-ring (bicyclic) bond motifs is 1. The van der Waals surface area contributed by atoms with E-state index >= 15 is 0 Å². The quantitative estimate of drug-likeness (QED) is 0.587. The average molecular weight is 400 g/mol. The molecule has 0 aliphatic heterocycles. The number of carbonyl (C=O) groups excluding carboxylic acids is 1. The number of rotatable bonds is 6. The molecule has 2 amide bonds. The number of aryl methyl sites for hydroxylation is 1. The van der Waals surface area contributed by atoms with Gasteiger partial charge in [0.15, 0.2) is 0 Å². The summed E-state index contributed by atoms with van der Waals surface area (Å²) in [5.41, 5.74) is 2.65. The van der Waals surface area contributed by atoms with Gasteiger partial charge in [0.2, 0.25) is 0 Å². The van der Waals surface area contributed by atoms with Crippen molar-refractivity contribution in [2.45, 2.75) is 19.9 Å². The van der Waals surface area contributed by atoms with Crippen LogP contribution in [-0.4, -0.2) is 34.2 Å². The van der Waals surface area contributed by atoms with Crippen molar-refractivity contribution in [2.75, 3.05) is 18.5 Å². The molecule has 7 heteroatoms. The van der Waals surface area contributed by atoms with Crippen LogP contribution in [0, 0.1) is 6.92 Å². The number of hydrogen-bond acceptors (Lipinski definition) is 3. The van der Waals surface area contributed by atoms with Gasteiger partial charge in [-0.05, 0) is 55.1 Å². The first-order valence-corrected chi connectivity index (χ1v) is 9.39. The lowest BCUT2D eigenvalue weighted by Gasteiger charge is -2.23. The van der Waals surface area contributed by atoms with Crippen molar-refractivity contribution in [3.8, 4) is 0 Å². The molecule has 3 rings (SSSR count). The van der Waals surface area contributed by atoms with E-state index < -0.39 is 0 Å². The second kappa shape index (κ2) is 8.91. The van der Waals surface area contributed by atoms with Gasteiger partial charge in [-0.3, -0.25) is 4.79 Å². The first kappa shape index (κ1) is 19.9. The van der Waals surface area contributed by atoms with Gasteiger partial charge >= 0.3 is 6.03 Å². The highest BCUT2D eigenvalue weighted by Gasteiger charge is 2.16. The van der Waals surface area contributed by atoms with E-state index in [1.165, 1.54) is 4.90 Å². The van der Waals surface area contributed by atoms with E-state index in [4.69, 9.17) is 11.6 Å². The predicted molar refractivity (Wildman–Crippen MR) is 112 cm³/mol. The number of aromatic amines is 1. The molecule has 0 atom stereocenters. The SMILES string of the molecule is Cc1ccc2[nH]c(=O)c(CN(CCCO)C(=O)Nc3cccc(Cl)c3)cc2c1. The number of nitrogens with one attached hydrogen (secondary N) is 2. The van der Waals surface area contributed by atoms with Crippen LogP contribution in [0.1, 0.15) is 17.5 Å². The Balaban J connectivity index is 1.85. The molecule has 6 nitrogen and oxygen atoms in total. The molecular weight excluding hydrogens is 378 g/mol. The lowest BCUT2D eigenvalue weighted by atomic mass is 10.1. The minimum absolute atomic E-state index is 0.0474. The molecular formula is C21H22ClN3O3. The van der Waals surface area contributed by atoms with Crippen LogP contribution in [0.2, 0.25) is 5.02 Å². The van der Waals surface area contributed by atoms with Gasteiger partial charge in [-0.2, -0.15) is 0 Å². The van der Waals surface area contributed by atoms with Crippen LogP contribution < -0.4 is 10.9 Å². The monoisotopic (exact) mass is 399 g/mol. The van der Waals surface area contributed by atoms with Crippen LogP contribution >= 0.6 is 11.6 Å². The van der Waals surface area contributed by atoms with Gasteiger partial charge in [-0.25, -0.2) is 4.79 Å². The van der Waals surface area contributed by atoms with Gasteiger partial charge in [0.05, 0.1) is 6.54 Å². The average Bonchev–Trinajstić information content (AvgIpc) is 2.65. The first-order chi connectivity index (χ1) is 13.5. The number of hydrogen-bond donors (Lipinski definition) is 3. The number of pyridine rings is 1. The Labute approximate surface area is 167 Å². The summed E-state index contributed by atoms with van der Waals surface area (Å²) in [6.07, 6.45) is 0.410. The van der Waals surface area contributed by atoms with Crippen LogP contribution in [0.3, 0.4) is 0 Å². The number of urea groups is 1. The molecule has 1 heterocycles. The summed E-state index contributed by atoms with van der Waals surface area (Å²) in [7, 11) is 0.